The molecule has 0 bridgehead atoms. The highest BCUT2D eigenvalue weighted by Gasteiger charge is 2.25. The first kappa shape index (κ1) is 19.3. The van der Waals surface area contributed by atoms with Crippen LogP contribution >= 0.6 is 0 Å². The minimum Gasteiger partial charge on any atom is -0.481 e. The van der Waals surface area contributed by atoms with Crippen LogP contribution in [0.2, 0.25) is 0 Å². The van der Waals surface area contributed by atoms with Gasteiger partial charge in [-0.2, -0.15) is 9.97 Å². The second-order valence-electron chi connectivity index (χ2n) is 7.05. The SMILES string of the molecule is CCCCOc1nc(C)c2[nH]c(=O)n(CCN3CCCC(C(=O)O)C3)c2n1. The summed E-state index contributed by atoms with van der Waals surface area (Å²) >= 11 is 0. The standard InChI is InChI=1S/C18H27N5O4/c1-3-4-10-27-17-19-12(2)14-15(21-17)23(18(26)20-14)9-8-22-7-5-6-13(11-22)16(24)25/h13H,3-11H2,1-2H3,(H,20,26)(H,24,25). The molecular formula is C18H27N5O4. The van der Waals surface area contributed by atoms with Crippen molar-refractivity contribution < 1.29 is 14.6 Å². The Bertz CT molecular complexity index is 859. The number of rotatable bonds is 8. The summed E-state index contributed by atoms with van der Waals surface area (Å²) in [4.78, 5) is 37.3. The molecule has 2 aromatic rings. The number of fused-ring (bicyclic) bond motifs is 1. The molecule has 0 aliphatic carbocycles. The number of aryl methyl sites for hydroxylation is 1. The number of ether oxygens (including phenoxy) is 1. The van der Waals surface area contributed by atoms with Gasteiger partial charge in [-0.05, 0) is 32.7 Å². The maximum Gasteiger partial charge on any atom is 0.327 e. The monoisotopic (exact) mass is 377 g/mol. The highest BCUT2D eigenvalue weighted by atomic mass is 16.5. The lowest BCUT2D eigenvalue weighted by atomic mass is 9.98. The Hall–Kier alpha value is -2.42. The first-order valence-electron chi connectivity index (χ1n) is 9.54. The average Bonchev–Trinajstić information content (AvgIpc) is 2.96. The molecule has 9 nitrogen and oxygen atoms in total. The maximum atomic E-state index is 12.4. The molecule has 9 heteroatoms. The summed E-state index contributed by atoms with van der Waals surface area (Å²) in [5, 5.41) is 9.23. The Balaban J connectivity index is 1.76. The molecule has 0 aromatic carbocycles. The third kappa shape index (κ3) is 4.47. The number of unbranched alkanes of at least 4 members (excludes halogenated alkanes) is 1. The van der Waals surface area contributed by atoms with E-state index in [0.29, 0.717) is 49.5 Å². The summed E-state index contributed by atoms with van der Waals surface area (Å²) < 4.78 is 7.19. The van der Waals surface area contributed by atoms with Crippen LogP contribution in [0.3, 0.4) is 0 Å². The van der Waals surface area contributed by atoms with Gasteiger partial charge >= 0.3 is 17.7 Å². The number of imidazole rings is 1. The minimum absolute atomic E-state index is 0.236. The first-order chi connectivity index (χ1) is 13.0. The molecule has 148 valence electrons. The molecule has 1 saturated heterocycles. The molecule has 1 aliphatic rings. The Kier molecular flexibility index (Phi) is 6.10. The van der Waals surface area contributed by atoms with Crippen molar-refractivity contribution in [1.29, 1.82) is 0 Å². The quantitative estimate of drug-likeness (QED) is 0.669. The molecule has 1 unspecified atom stereocenters. The highest BCUT2D eigenvalue weighted by molar-refractivity contribution is 5.73. The summed E-state index contributed by atoms with van der Waals surface area (Å²) in [5.41, 5.74) is 1.59. The van der Waals surface area contributed by atoms with Gasteiger partial charge in [0.1, 0.15) is 5.52 Å². The van der Waals surface area contributed by atoms with Crippen molar-refractivity contribution in [2.45, 2.75) is 46.1 Å². The average molecular weight is 377 g/mol. The van der Waals surface area contributed by atoms with E-state index in [1.54, 1.807) is 4.57 Å². The van der Waals surface area contributed by atoms with Crippen molar-refractivity contribution in [2.75, 3.05) is 26.2 Å². The Morgan fingerprint density at radius 2 is 2.19 bits per heavy atom. The number of carboxylic acids is 1. The van der Waals surface area contributed by atoms with Crippen LogP contribution < -0.4 is 10.4 Å². The summed E-state index contributed by atoms with van der Waals surface area (Å²) in [6.45, 7) is 6.85. The molecule has 0 spiro atoms. The number of aromatic amines is 1. The molecule has 2 aromatic heterocycles. The molecule has 1 fully saturated rings. The Labute approximate surface area is 157 Å². The van der Waals surface area contributed by atoms with Gasteiger partial charge in [0.15, 0.2) is 5.65 Å². The maximum absolute atomic E-state index is 12.4. The predicted octanol–water partition coefficient (Wildman–Crippen LogP) is 1.40. The number of likely N-dealkylation sites (tertiary alicyclic amines) is 1. The van der Waals surface area contributed by atoms with Gasteiger partial charge in [-0.15, -0.1) is 0 Å². The second kappa shape index (κ2) is 8.51. The Morgan fingerprint density at radius 3 is 2.93 bits per heavy atom. The second-order valence-corrected chi connectivity index (χ2v) is 7.05. The highest BCUT2D eigenvalue weighted by Crippen LogP contribution is 2.18. The van der Waals surface area contributed by atoms with Crippen molar-refractivity contribution in [1.82, 2.24) is 24.4 Å². The van der Waals surface area contributed by atoms with Crippen molar-refractivity contribution in [2.24, 2.45) is 5.92 Å². The lowest BCUT2D eigenvalue weighted by Crippen LogP contribution is -2.40. The summed E-state index contributed by atoms with van der Waals surface area (Å²) in [7, 11) is 0. The number of carboxylic acid groups (broad SMARTS) is 1. The molecule has 2 N–H and O–H groups in total. The molecule has 3 heterocycles. The number of aliphatic carboxylic acids is 1. The predicted molar refractivity (Wildman–Crippen MR) is 100 cm³/mol. The van der Waals surface area contributed by atoms with E-state index in [2.05, 4.69) is 26.8 Å². The molecular weight excluding hydrogens is 350 g/mol. The van der Waals surface area contributed by atoms with Gasteiger partial charge in [0.2, 0.25) is 0 Å². The summed E-state index contributed by atoms with van der Waals surface area (Å²) in [6.07, 6.45) is 3.50. The Morgan fingerprint density at radius 1 is 1.37 bits per heavy atom. The number of hydrogen-bond acceptors (Lipinski definition) is 6. The van der Waals surface area contributed by atoms with Gasteiger partial charge < -0.3 is 19.7 Å². The fourth-order valence-electron chi connectivity index (χ4n) is 3.43. The lowest BCUT2D eigenvalue weighted by molar-refractivity contribution is -0.143. The van der Waals surface area contributed by atoms with E-state index < -0.39 is 5.97 Å². The van der Waals surface area contributed by atoms with Gasteiger partial charge in [-0.3, -0.25) is 9.36 Å². The number of hydrogen-bond donors (Lipinski definition) is 2. The molecule has 3 rings (SSSR count). The fraction of sp³-hybridized carbons (Fsp3) is 0.667. The van der Waals surface area contributed by atoms with Crippen LogP contribution in [0.15, 0.2) is 4.79 Å². The number of H-pyrrole nitrogens is 1. The molecule has 0 radical (unpaired) electrons. The van der Waals surface area contributed by atoms with Crippen molar-refractivity contribution in [3.8, 4) is 6.01 Å². The van der Waals surface area contributed by atoms with Crippen molar-refractivity contribution in [3.63, 3.8) is 0 Å². The zero-order valence-electron chi connectivity index (χ0n) is 15.9. The van der Waals surface area contributed by atoms with Crippen LogP contribution in [0.5, 0.6) is 6.01 Å². The number of aromatic nitrogens is 4. The number of piperidine rings is 1. The zero-order chi connectivity index (χ0) is 19.4. The molecule has 1 aliphatic heterocycles. The fourth-order valence-corrected chi connectivity index (χ4v) is 3.43. The van der Waals surface area contributed by atoms with Gasteiger partial charge in [0, 0.05) is 19.6 Å². The first-order valence-corrected chi connectivity index (χ1v) is 9.54. The number of carbonyl (C=O) groups is 1. The molecule has 27 heavy (non-hydrogen) atoms. The van der Waals surface area contributed by atoms with E-state index in [-0.39, 0.29) is 17.6 Å². The third-order valence-corrected chi connectivity index (χ3v) is 5.01. The van der Waals surface area contributed by atoms with E-state index in [4.69, 9.17) is 4.74 Å². The van der Waals surface area contributed by atoms with Gasteiger partial charge in [-0.1, -0.05) is 13.3 Å². The lowest BCUT2D eigenvalue weighted by Gasteiger charge is -2.30. The van der Waals surface area contributed by atoms with Gasteiger partial charge in [0.25, 0.3) is 0 Å². The van der Waals surface area contributed by atoms with Crippen LogP contribution in [0.25, 0.3) is 11.2 Å². The summed E-state index contributed by atoms with van der Waals surface area (Å²) in [5.74, 6) is -1.08. The van der Waals surface area contributed by atoms with E-state index in [9.17, 15) is 14.7 Å². The van der Waals surface area contributed by atoms with E-state index in [0.717, 1.165) is 25.8 Å². The molecule has 1 atom stereocenters. The molecule has 0 amide bonds. The number of nitrogens with one attached hydrogen (secondary N) is 1. The largest absolute Gasteiger partial charge is 0.481 e. The van der Waals surface area contributed by atoms with E-state index in [1.807, 2.05) is 6.92 Å². The summed E-state index contributed by atoms with van der Waals surface area (Å²) in [6, 6.07) is 0.283. The van der Waals surface area contributed by atoms with Gasteiger partial charge in [-0.25, -0.2) is 4.79 Å². The molecule has 0 saturated carbocycles. The topological polar surface area (TPSA) is 113 Å². The zero-order valence-corrected chi connectivity index (χ0v) is 15.9. The number of nitrogens with zero attached hydrogens (tertiary/aromatic N) is 4. The van der Waals surface area contributed by atoms with E-state index >= 15 is 0 Å². The smallest absolute Gasteiger partial charge is 0.327 e. The minimum atomic E-state index is -0.749. The third-order valence-electron chi connectivity index (χ3n) is 5.01. The van der Waals surface area contributed by atoms with Crippen LogP contribution in [0.4, 0.5) is 0 Å². The van der Waals surface area contributed by atoms with Crippen LogP contribution in [-0.4, -0.2) is 61.7 Å². The van der Waals surface area contributed by atoms with Crippen molar-refractivity contribution in [3.05, 3.63) is 16.2 Å². The van der Waals surface area contributed by atoms with E-state index in [1.165, 1.54) is 0 Å². The van der Waals surface area contributed by atoms with Crippen LogP contribution in [0.1, 0.15) is 38.3 Å². The van der Waals surface area contributed by atoms with Crippen molar-refractivity contribution >= 4 is 17.1 Å². The normalized spacial score (nSPS) is 18.1. The van der Waals surface area contributed by atoms with Gasteiger partial charge in [0.05, 0.1) is 18.2 Å². The van der Waals surface area contributed by atoms with Crippen LogP contribution in [-0.2, 0) is 11.3 Å². The van der Waals surface area contributed by atoms with Crippen LogP contribution in [0, 0.1) is 12.8 Å².